The lowest BCUT2D eigenvalue weighted by Gasteiger charge is -2.40. The molecule has 0 aromatic heterocycles. The quantitative estimate of drug-likeness (QED) is 0.0346. The number of ether oxygens (including phenoxy) is 2. The third kappa shape index (κ3) is 25.3. The molecule has 0 saturated carbocycles. The van der Waals surface area contributed by atoms with Crippen LogP contribution in [0, 0.1) is 0 Å². The molecule has 9 nitrogen and oxygen atoms in total. The Bertz CT molecular complexity index is 786. The number of amides is 1. The fourth-order valence-corrected chi connectivity index (χ4v) is 7.34. The van der Waals surface area contributed by atoms with Gasteiger partial charge in [-0.05, 0) is 12.8 Å². The molecule has 52 heavy (non-hydrogen) atoms. The molecule has 1 rings (SSSR count). The molecule has 7 unspecified atom stereocenters. The van der Waals surface area contributed by atoms with Crippen molar-refractivity contribution in [3.05, 3.63) is 0 Å². The van der Waals surface area contributed by atoms with Crippen molar-refractivity contribution in [3.63, 3.8) is 0 Å². The topological polar surface area (TPSA) is 149 Å². The zero-order valence-corrected chi connectivity index (χ0v) is 33.8. The summed E-state index contributed by atoms with van der Waals surface area (Å²) in [7, 11) is 0. The van der Waals surface area contributed by atoms with Crippen molar-refractivity contribution in [1.29, 1.82) is 0 Å². The summed E-state index contributed by atoms with van der Waals surface area (Å²) in [6.45, 7) is 3.84. The number of hydrogen-bond donors (Lipinski definition) is 6. The van der Waals surface area contributed by atoms with E-state index < -0.39 is 49.5 Å². The monoisotopic (exact) mass is 744 g/mol. The van der Waals surface area contributed by atoms with Crippen LogP contribution < -0.4 is 5.32 Å². The molecule has 1 amide bonds. The van der Waals surface area contributed by atoms with E-state index in [0.717, 1.165) is 38.5 Å². The molecule has 310 valence electrons. The number of carbonyl (C=O) groups is 1. The minimum atomic E-state index is -1.55. The minimum Gasteiger partial charge on any atom is -0.394 e. The summed E-state index contributed by atoms with van der Waals surface area (Å²) in [6.07, 6.45) is 29.6. The summed E-state index contributed by atoms with van der Waals surface area (Å²) >= 11 is 0. The summed E-state index contributed by atoms with van der Waals surface area (Å²) < 4.78 is 11.2. The van der Waals surface area contributed by atoms with Crippen LogP contribution in [-0.2, 0) is 14.3 Å². The zero-order valence-electron chi connectivity index (χ0n) is 33.8. The van der Waals surface area contributed by atoms with Gasteiger partial charge in [-0.1, -0.05) is 194 Å². The zero-order chi connectivity index (χ0) is 38.1. The molecule has 1 heterocycles. The first-order chi connectivity index (χ1) is 25.3. The number of aliphatic hydroxyl groups is 5. The highest BCUT2D eigenvalue weighted by Crippen LogP contribution is 2.23. The molecule has 1 fully saturated rings. The summed E-state index contributed by atoms with van der Waals surface area (Å²) in [5.74, 6) is -0.142. The lowest BCUT2D eigenvalue weighted by atomic mass is 9.99. The fraction of sp³-hybridized carbons (Fsp3) is 0.977. The first kappa shape index (κ1) is 49.2. The Labute approximate surface area is 319 Å². The maximum Gasteiger partial charge on any atom is 0.220 e. The van der Waals surface area contributed by atoms with Crippen molar-refractivity contribution in [1.82, 2.24) is 5.32 Å². The number of unbranched alkanes of at least 4 members (excludes halogenated alkanes) is 27. The first-order valence-corrected chi connectivity index (χ1v) is 22.2. The van der Waals surface area contributed by atoms with Gasteiger partial charge in [-0.15, -0.1) is 0 Å². The molecule has 9 heteroatoms. The van der Waals surface area contributed by atoms with Crippen LogP contribution in [0.15, 0.2) is 0 Å². The van der Waals surface area contributed by atoms with Crippen LogP contribution >= 0.6 is 0 Å². The van der Waals surface area contributed by atoms with Gasteiger partial charge in [-0.3, -0.25) is 4.79 Å². The van der Waals surface area contributed by atoms with Crippen LogP contribution in [0.5, 0.6) is 0 Å². The Kier molecular flexibility index (Phi) is 32.8. The van der Waals surface area contributed by atoms with E-state index in [-0.39, 0.29) is 12.5 Å². The van der Waals surface area contributed by atoms with Crippen molar-refractivity contribution < 1.29 is 39.8 Å². The Morgan fingerprint density at radius 2 is 0.962 bits per heavy atom. The Morgan fingerprint density at radius 3 is 1.37 bits per heavy atom. The number of rotatable bonds is 37. The highest BCUT2D eigenvalue weighted by Gasteiger charge is 2.44. The lowest BCUT2D eigenvalue weighted by molar-refractivity contribution is -0.302. The molecule has 0 radical (unpaired) electrons. The van der Waals surface area contributed by atoms with Crippen LogP contribution in [0.2, 0.25) is 0 Å². The highest BCUT2D eigenvalue weighted by molar-refractivity contribution is 5.76. The Hall–Kier alpha value is -0.810. The predicted molar refractivity (Wildman–Crippen MR) is 212 cm³/mol. The standard InChI is InChI=1S/C43H85NO8/c1-3-5-7-9-11-13-15-17-18-19-21-22-24-26-28-30-32-37(46)36(35-51-43-42(50)41(49)40(48)38(34-45)52-43)44-39(47)33-31-29-27-25-23-20-16-14-12-10-8-6-4-2/h36-38,40-43,45-46,48-50H,3-35H2,1-2H3,(H,44,47). The molecule has 0 spiro atoms. The van der Waals surface area contributed by atoms with Crippen LogP contribution in [-0.4, -0.2) is 87.5 Å². The van der Waals surface area contributed by atoms with Gasteiger partial charge in [0.1, 0.15) is 24.4 Å². The molecule has 1 saturated heterocycles. The van der Waals surface area contributed by atoms with Gasteiger partial charge < -0.3 is 40.3 Å². The van der Waals surface area contributed by atoms with Crippen molar-refractivity contribution >= 4 is 5.91 Å². The third-order valence-electron chi connectivity index (χ3n) is 11.0. The van der Waals surface area contributed by atoms with E-state index in [2.05, 4.69) is 19.2 Å². The van der Waals surface area contributed by atoms with Gasteiger partial charge in [0.25, 0.3) is 0 Å². The van der Waals surface area contributed by atoms with E-state index in [1.54, 1.807) is 0 Å². The predicted octanol–water partition coefficient (Wildman–Crippen LogP) is 8.78. The first-order valence-electron chi connectivity index (χ1n) is 22.2. The van der Waals surface area contributed by atoms with E-state index in [1.165, 1.54) is 148 Å². The van der Waals surface area contributed by atoms with Crippen molar-refractivity contribution in [3.8, 4) is 0 Å². The number of nitrogens with one attached hydrogen (secondary N) is 1. The van der Waals surface area contributed by atoms with Gasteiger partial charge >= 0.3 is 0 Å². The summed E-state index contributed by atoms with van der Waals surface area (Å²) in [6, 6.07) is -0.710. The number of carbonyl (C=O) groups excluding carboxylic acids is 1. The SMILES string of the molecule is CCCCCCCCCCCCCCCCCCC(O)C(COC1OC(CO)C(O)C(O)C1O)NC(=O)CCCCCCCCCCCCCCC. The Balaban J connectivity index is 2.34. The fourth-order valence-electron chi connectivity index (χ4n) is 7.34. The summed E-state index contributed by atoms with van der Waals surface area (Å²) in [5.41, 5.74) is 0. The highest BCUT2D eigenvalue weighted by atomic mass is 16.7. The van der Waals surface area contributed by atoms with Gasteiger partial charge in [-0.2, -0.15) is 0 Å². The maximum atomic E-state index is 12.9. The van der Waals surface area contributed by atoms with Gasteiger partial charge in [0.05, 0.1) is 25.4 Å². The largest absolute Gasteiger partial charge is 0.394 e. The van der Waals surface area contributed by atoms with Gasteiger partial charge in [0.15, 0.2) is 6.29 Å². The Morgan fingerprint density at radius 1 is 0.577 bits per heavy atom. The molecule has 0 aliphatic carbocycles. The molecule has 0 aromatic rings. The second kappa shape index (κ2) is 34.7. The van der Waals surface area contributed by atoms with E-state index in [9.17, 15) is 30.3 Å². The van der Waals surface area contributed by atoms with E-state index >= 15 is 0 Å². The average Bonchev–Trinajstić information content (AvgIpc) is 3.14. The second-order valence-corrected chi connectivity index (χ2v) is 15.9. The number of hydrogen-bond acceptors (Lipinski definition) is 8. The molecule has 0 aromatic carbocycles. The van der Waals surface area contributed by atoms with Crippen LogP contribution in [0.3, 0.4) is 0 Å². The summed E-state index contributed by atoms with van der Waals surface area (Å²) in [5, 5.41) is 54.3. The average molecular weight is 744 g/mol. The summed E-state index contributed by atoms with van der Waals surface area (Å²) in [4.78, 5) is 12.9. The van der Waals surface area contributed by atoms with Gasteiger partial charge in [0.2, 0.25) is 5.91 Å². The molecule has 1 aliphatic rings. The van der Waals surface area contributed by atoms with E-state index in [0.29, 0.717) is 12.8 Å². The van der Waals surface area contributed by atoms with Crippen molar-refractivity contribution in [2.24, 2.45) is 0 Å². The molecule has 6 N–H and O–H groups in total. The van der Waals surface area contributed by atoms with E-state index in [4.69, 9.17) is 9.47 Å². The molecular weight excluding hydrogens is 658 g/mol. The normalized spacial score (nSPS) is 21.7. The van der Waals surface area contributed by atoms with Crippen LogP contribution in [0.1, 0.15) is 213 Å². The van der Waals surface area contributed by atoms with Crippen LogP contribution in [0.25, 0.3) is 0 Å². The smallest absolute Gasteiger partial charge is 0.220 e. The molecule has 0 bridgehead atoms. The number of aliphatic hydroxyl groups excluding tert-OH is 5. The van der Waals surface area contributed by atoms with Gasteiger partial charge in [0, 0.05) is 6.42 Å². The van der Waals surface area contributed by atoms with Crippen LogP contribution in [0.4, 0.5) is 0 Å². The third-order valence-corrected chi connectivity index (χ3v) is 11.0. The van der Waals surface area contributed by atoms with E-state index in [1.807, 2.05) is 0 Å². The molecular formula is C43H85NO8. The minimum absolute atomic E-state index is 0.132. The maximum absolute atomic E-state index is 12.9. The molecule has 7 atom stereocenters. The van der Waals surface area contributed by atoms with Crippen molar-refractivity contribution in [2.75, 3.05) is 13.2 Å². The second-order valence-electron chi connectivity index (χ2n) is 15.9. The molecule has 1 aliphatic heterocycles. The van der Waals surface area contributed by atoms with Gasteiger partial charge in [-0.25, -0.2) is 0 Å². The van der Waals surface area contributed by atoms with Crippen molar-refractivity contribution in [2.45, 2.75) is 256 Å². The lowest BCUT2D eigenvalue weighted by Crippen LogP contribution is -2.60.